The second kappa shape index (κ2) is 5.34. The number of hydrogen-bond acceptors (Lipinski definition) is 3. The summed E-state index contributed by atoms with van der Waals surface area (Å²) in [6.45, 7) is 8.83. The summed E-state index contributed by atoms with van der Waals surface area (Å²) in [6.07, 6.45) is 1.38. The van der Waals surface area contributed by atoms with E-state index >= 15 is 0 Å². The Balaban J connectivity index is 3.00. The van der Waals surface area contributed by atoms with E-state index in [0.717, 1.165) is 0 Å². The van der Waals surface area contributed by atoms with E-state index in [1.165, 1.54) is 12.3 Å². The zero-order valence-electron chi connectivity index (χ0n) is 11.7. The number of aryl methyl sites for hydroxylation is 1. The summed E-state index contributed by atoms with van der Waals surface area (Å²) in [5, 5.41) is 7.85. The second-order valence-electron chi connectivity index (χ2n) is 5.64. The maximum absolute atomic E-state index is 12.0. The van der Waals surface area contributed by atoms with Gasteiger partial charge in [0.05, 0.1) is 0 Å². The van der Waals surface area contributed by atoms with Crippen molar-refractivity contribution in [1.82, 2.24) is 9.88 Å². The summed E-state index contributed by atoms with van der Waals surface area (Å²) >= 11 is 0. The molecule has 1 amide bonds. The Hall–Kier alpha value is -1.34. The predicted octanol–water partition coefficient (Wildman–Crippen LogP) is 0.931. The van der Waals surface area contributed by atoms with Crippen LogP contribution in [0.25, 0.3) is 0 Å². The lowest BCUT2D eigenvalue weighted by molar-refractivity contribution is 0.0930. The van der Waals surface area contributed by atoms with E-state index in [1.54, 1.807) is 4.57 Å². The third-order valence-corrected chi connectivity index (χ3v) is 3.43. The first kappa shape index (κ1) is 15.7. The van der Waals surface area contributed by atoms with Gasteiger partial charge < -0.3 is 9.88 Å². The monoisotopic (exact) mass is 287 g/mol. The normalized spacial score (nSPS) is 12.5. The number of nitrogens with zero attached hydrogens (tertiary/aromatic N) is 1. The zero-order valence-corrected chi connectivity index (χ0v) is 12.5. The van der Waals surface area contributed by atoms with Crippen molar-refractivity contribution in [3.8, 4) is 0 Å². The number of rotatable bonds is 4. The van der Waals surface area contributed by atoms with Gasteiger partial charge in [0, 0.05) is 19.3 Å². The molecule has 0 aliphatic rings. The van der Waals surface area contributed by atoms with Gasteiger partial charge in [-0.05, 0) is 18.4 Å². The SMILES string of the molecule is CCn1cc(S(N)(=O)=O)cc1C(=O)NCC(C)(C)C. The van der Waals surface area contributed by atoms with Crippen molar-refractivity contribution in [2.45, 2.75) is 39.1 Å². The number of sulfonamides is 1. The second-order valence-corrected chi connectivity index (χ2v) is 7.20. The third-order valence-electron chi connectivity index (χ3n) is 2.55. The van der Waals surface area contributed by atoms with Crippen LogP contribution in [0.4, 0.5) is 0 Å². The van der Waals surface area contributed by atoms with E-state index < -0.39 is 10.0 Å². The summed E-state index contributed by atoms with van der Waals surface area (Å²) in [4.78, 5) is 12.0. The van der Waals surface area contributed by atoms with Crippen molar-refractivity contribution in [1.29, 1.82) is 0 Å². The van der Waals surface area contributed by atoms with E-state index in [9.17, 15) is 13.2 Å². The molecule has 0 spiro atoms. The molecule has 1 rings (SSSR count). The van der Waals surface area contributed by atoms with Crippen molar-refractivity contribution in [3.63, 3.8) is 0 Å². The molecule has 0 saturated carbocycles. The first-order valence-electron chi connectivity index (χ1n) is 6.06. The molecular weight excluding hydrogens is 266 g/mol. The number of aromatic nitrogens is 1. The largest absolute Gasteiger partial charge is 0.350 e. The van der Waals surface area contributed by atoms with Crippen LogP contribution in [0.5, 0.6) is 0 Å². The maximum atomic E-state index is 12.0. The van der Waals surface area contributed by atoms with Crippen LogP contribution in [-0.2, 0) is 16.6 Å². The molecule has 0 bridgehead atoms. The lowest BCUT2D eigenvalue weighted by Crippen LogP contribution is -2.33. The topological polar surface area (TPSA) is 94.2 Å². The van der Waals surface area contributed by atoms with Gasteiger partial charge >= 0.3 is 0 Å². The maximum Gasteiger partial charge on any atom is 0.267 e. The van der Waals surface area contributed by atoms with Gasteiger partial charge in [-0.2, -0.15) is 0 Å². The van der Waals surface area contributed by atoms with Gasteiger partial charge in [0.25, 0.3) is 5.91 Å². The van der Waals surface area contributed by atoms with E-state index in [2.05, 4.69) is 5.32 Å². The van der Waals surface area contributed by atoms with Gasteiger partial charge in [0.1, 0.15) is 10.6 Å². The van der Waals surface area contributed by atoms with E-state index in [0.29, 0.717) is 18.8 Å². The van der Waals surface area contributed by atoms with Crippen LogP contribution in [0.1, 0.15) is 38.2 Å². The fraction of sp³-hybridized carbons (Fsp3) is 0.583. The van der Waals surface area contributed by atoms with E-state index in [1.807, 2.05) is 27.7 Å². The fourth-order valence-electron chi connectivity index (χ4n) is 1.53. The smallest absolute Gasteiger partial charge is 0.267 e. The minimum atomic E-state index is -3.79. The lowest BCUT2D eigenvalue weighted by Gasteiger charge is -2.18. The van der Waals surface area contributed by atoms with Crippen LogP contribution in [0.3, 0.4) is 0 Å². The highest BCUT2D eigenvalue weighted by Gasteiger charge is 2.19. The average molecular weight is 287 g/mol. The molecule has 0 aliphatic carbocycles. The molecule has 0 saturated heterocycles. The van der Waals surface area contributed by atoms with Crippen molar-refractivity contribution in [3.05, 3.63) is 18.0 Å². The number of hydrogen-bond donors (Lipinski definition) is 2. The third kappa shape index (κ3) is 4.36. The molecule has 1 aromatic heterocycles. The molecule has 6 nitrogen and oxygen atoms in total. The van der Waals surface area contributed by atoms with Gasteiger partial charge in [-0.25, -0.2) is 13.6 Å². The Morgan fingerprint density at radius 1 is 1.42 bits per heavy atom. The Bertz CT molecular complexity index is 568. The molecular formula is C12H21N3O3S. The molecule has 7 heteroatoms. The number of nitrogens with one attached hydrogen (secondary N) is 1. The van der Waals surface area contributed by atoms with Crippen LogP contribution in [0.2, 0.25) is 0 Å². The van der Waals surface area contributed by atoms with Crippen molar-refractivity contribution < 1.29 is 13.2 Å². The van der Waals surface area contributed by atoms with Gasteiger partial charge in [-0.15, -0.1) is 0 Å². The number of primary sulfonamides is 1. The number of carbonyl (C=O) groups is 1. The lowest BCUT2D eigenvalue weighted by atomic mass is 9.97. The summed E-state index contributed by atoms with van der Waals surface area (Å²) < 4.78 is 24.1. The number of amides is 1. The van der Waals surface area contributed by atoms with Gasteiger partial charge in [0.2, 0.25) is 10.0 Å². The number of carbonyl (C=O) groups excluding carboxylic acids is 1. The minimum Gasteiger partial charge on any atom is -0.350 e. The first-order chi connectivity index (χ1) is 8.54. The molecule has 0 unspecified atom stereocenters. The Labute approximate surface area is 114 Å². The molecule has 0 aromatic carbocycles. The van der Waals surface area contributed by atoms with Crippen molar-refractivity contribution in [2.75, 3.05) is 6.54 Å². The quantitative estimate of drug-likeness (QED) is 0.862. The zero-order chi connectivity index (χ0) is 14.8. The van der Waals surface area contributed by atoms with E-state index in [-0.39, 0.29) is 16.2 Å². The Kier molecular flexibility index (Phi) is 4.42. The molecule has 3 N–H and O–H groups in total. The Morgan fingerprint density at radius 2 is 2.00 bits per heavy atom. The van der Waals surface area contributed by atoms with Gasteiger partial charge in [-0.3, -0.25) is 4.79 Å². The molecule has 1 aromatic rings. The van der Waals surface area contributed by atoms with Gasteiger partial charge in [-0.1, -0.05) is 20.8 Å². The molecule has 0 fully saturated rings. The summed E-state index contributed by atoms with van der Waals surface area (Å²) in [5.74, 6) is -0.299. The van der Waals surface area contributed by atoms with Crippen LogP contribution in [-0.4, -0.2) is 25.4 Å². The highest BCUT2D eigenvalue weighted by atomic mass is 32.2. The summed E-state index contributed by atoms with van der Waals surface area (Å²) in [5.41, 5.74) is 0.262. The highest BCUT2D eigenvalue weighted by molar-refractivity contribution is 7.89. The minimum absolute atomic E-state index is 0.0396. The van der Waals surface area contributed by atoms with E-state index in [4.69, 9.17) is 5.14 Å². The predicted molar refractivity (Wildman–Crippen MR) is 73.3 cm³/mol. The van der Waals surface area contributed by atoms with Crippen LogP contribution in [0, 0.1) is 5.41 Å². The fourth-order valence-corrected chi connectivity index (χ4v) is 2.08. The standard InChI is InChI=1S/C12H21N3O3S/c1-5-15-7-9(19(13,17)18)6-10(15)11(16)14-8-12(2,3)4/h6-7H,5,8H2,1-4H3,(H,14,16)(H2,13,17,18). The highest BCUT2D eigenvalue weighted by Crippen LogP contribution is 2.15. The van der Waals surface area contributed by atoms with Gasteiger partial charge in [0.15, 0.2) is 0 Å². The molecule has 19 heavy (non-hydrogen) atoms. The van der Waals surface area contributed by atoms with Crippen LogP contribution < -0.4 is 10.5 Å². The molecule has 0 atom stereocenters. The number of nitrogens with two attached hydrogens (primary N) is 1. The average Bonchev–Trinajstić information content (AvgIpc) is 2.68. The molecule has 1 heterocycles. The summed E-state index contributed by atoms with van der Waals surface area (Å²) in [7, 11) is -3.79. The molecule has 0 radical (unpaired) electrons. The molecule has 0 aliphatic heterocycles. The van der Waals surface area contributed by atoms with Crippen LogP contribution >= 0.6 is 0 Å². The Morgan fingerprint density at radius 3 is 2.42 bits per heavy atom. The molecule has 108 valence electrons. The van der Waals surface area contributed by atoms with Crippen molar-refractivity contribution in [2.24, 2.45) is 10.6 Å². The van der Waals surface area contributed by atoms with Crippen molar-refractivity contribution >= 4 is 15.9 Å². The van der Waals surface area contributed by atoms with Crippen LogP contribution in [0.15, 0.2) is 17.2 Å². The summed E-state index contributed by atoms with van der Waals surface area (Å²) in [6, 6.07) is 1.30. The first-order valence-corrected chi connectivity index (χ1v) is 7.60.